The summed E-state index contributed by atoms with van der Waals surface area (Å²) in [6.45, 7) is 8.74. The second-order valence-corrected chi connectivity index (χ2v) is 6.36. The molecule has 0 radical (unpaired) electrons. The number of piperidine rings is 1. The molecule has 1 aromatic rings. The Labute approximate surface area is 121 Å². The number of anilines is 1. The van der Waals surface area contributed by atoms with Crippen molar-refractivity contribution in [3.05, 3.63) is 11.3 Å². The number of nitrogens with two attached hydrogens (primary N) is 1. The van der Waals surface area contributed by atoms with Gasteiger partial charge < -0.3 is 10.6 Å². The number of hydrogen-bond acceptors (Lipinski definition) is 3. The van der Waals surface area contributed by atoms with Crippen molar-refractivity contribution in [1.29, 1.82) is 0 Å². The lowest BCUT2D eigenvalue weighted by molar-refractivity contribution is 0.237. The molecule has 19 heavy (non-hydrogen) atoms. The van der Waals surface area contributed by atoms with Crippen LogP contribution in [0.15, 0.2) is 0 Å². The van der Waals surface area contributed by atoms with E-state index in [0.29, 0.717) is 10.4 Å². The van der Waals surface area contributed by atoms with Crippen molar-refractivity contribution < 1.29 is 0 Å². The third-order valence-corrected chi connectivity index (χ3v) is 4.77. The third kappa shape index (κ3) is 2.61. The number of rotatable bonds is 3. The van der Waals surface area contributed by atoms with Crippen LogP contribution in [-0.4, -0.2) is 27.9 Å². The van der Waals surface area contributed by atoms with E-state index in [4.69, 9.17) is 18.0 Å². The van der Waals surface area contributed by atoms with Crippen LogP contribution < -0.4 is 10.6 Å². The van der Waals surface area contributed by atoms with Crippen molar-refractivity contribution in [1.82, 2.24) is 9.78 Å². The van der Waals surface area contributed by atoms with Crippen LogP contribution in [0.2, 0.25) is 0 Å². The fourth-order valence-electron chi connectivity index (χ4n) is 2.91. The minimum atomic E-state index is 0.449. The van der Waals surface area contributed by atoms with Gasteiger partial charge in [0.05, 0.1) is 11.3 Å². The van der Waals surface area contributed by atoms with Gasteiger partial charge in [-0.3, -0.25) is 4.68 Å². The van der Waals surface area contributed by atoms with Crippen LogP contribution in [0.25, 0.3) is 0 Å². The molecular weight excluding hydrogens is 256 g/mol. The fraction of sp³-hybridized carbons (Fsp3) is 0.714. The Morgan fingerprint density at radius 1 is 1.42 bits per heavy atom. The highest BCUT2D eigenvalue weighted by Gasteiger charge is 2.31. The monoisotopic (exact) mass is 280 g/mol. The molecular formula is C14H24N4S. The van der Waals surface area contributed by atoms with Crippen molar-refractivity contribution in [2.75, 3.05) is 18.0 Å². The summed E-state index contributed by atoms with van der Waals surface area (Å²) in [7, 11) is 1.97. The molecule has 1 aliphatic rings. The normalized spacial score (nSPS) is 18.6. The summed E-state index contributed by atoms with van der Waals surface area (Å²) in [5.74, 6) is 1.09. The summed E-state index contributed by atoms with van der Waals surface area (Å²) in [6.07, 6.45) is 3.67. The van der Waals surface area contributed by atoms with Crippen LogP contribution in [0.1, 0.15) is 44.4 Å². The first kappa shape index (κ1) is 14.3. The Kier molecular flexibility index (Phi) is 3.85. The van der Waals surface area contributed by atoms with E-state index in [1.54, 1.807) is 0 Å². The molecule has 1 aromatic heterocycles. The molecule has 2 N–H and O–H groups in total. The molecule has 4 nitrogen and oxygen atoms in total. The average Bonchev–Trinajstić information content (AvgIpc) is 2.65. The summed E-state index contributed by atoms with van der Waals surface area (Å²) in [4.78, 5) is 2.83. The van der Waals surface area contributed by atoms with Crippen molar-refractivity contribution in [2.45, 2.75) is 40.0 Å². The van der Waals surface area contributed by atoms with Gasteiger partial charge in [0, 0.05) is 20.1 Å². The Balaban J connectivity index is 2.27. The average molecular weight is 280 g/mol. The highest BCUT2D eigenvalue weighted by molar-refractivity contribution is 7.80. The van der Waals surface area contributed by atoms with Crippen LogP contribution >= 0.6 is 12.2 Å². The minimum Gasteiger partial charge on any atom is -0.389 e. The standard InChI is InChI=1S/C14H24N4S/c1-5-14(3)6-8-18(9-7-14)13-11(12(15)19)10(2)16-17(13)4/h5-9H2,1-4H3,(H2,15,19). The maximum absolute atomic E-state index is 5.87. The van der Waals surface area contributed by atoms with E-state index in [0.717, 1.165) is 30.2 Å². The topological polar surface area (TPSA) is 47.1 Å². The van der Waals surface area contributed by atoms with E-state index in [2.05, 4.69) is 23.8 Å². The van der Waals surface area contributed by atoms with E-state index in [9.17, 15) is 0 Å². The van der Waals surface area contributed by atoms with Gasteiger partial charge in [-0.05, 0) is 25.2 Å². The number of aryl methyl sites for hydroxylation is 2. The van der Waals surface area contributed by atoms with Crippen molar-refractivity contribution in [3.63, 3.8) is 0 Å². The van der Waals surface area contributed by atoms with Gasteiger partial charge in [0.1, 0.15) is 10.8 Å². The quantitative estimate of drug-likeness (QED) is 0.864. The second-order valence-electron chi connectivity index (χ2n) is 5.92. The summed E-state index contributed by atoms with van der Waals surface area (Å²) in [5.41, 5.74) is 8.21. The molecule has 1 fully saturated rings. The molecule has 106 valence electrons. The van der Waals surface area contributed by atoms with Gasteiger partial charge in [-0.15, -0.1) is 0 Å². The SMILES string of the molecule is CCC1(C)CCN(c2c(C(N)=S)c(C)nn2C)CC1. The molecule has 1 aliphatic heterocycles. The lowest BCUT2D eigenvalue weighted by Crippen LogP contribution is -2.40. The summed E-state index contributed by atoms with van der Waals surface area (Å²) in [5, 5.41) is 4.47. The predicted molar refractivity (Wildman–Crippen MR) is 83.7 cm³/mol. The maximum Gasteiger partial charge on any atom is 0.137 e. The number of hydrogen-bond donors (Lipinski definition) is 1. The Bertz CT molecular complexity index is 484. The lowest BCUT2D eigenvalue weighted by atomic mass is 9.78. The van der Waals surface area contributed by atoms with E-state index < -0.39 is 0 Å². The lowest BCUT2D eigenvalue weighted by Gasteiger charge is -2.40. The second kappa shape index (κ2) is 5.12. The maximum atomic E-state index is 5.87. The molecule has 5 heteroatoms. The Morgan fingerprint density at radius 2 is 2.00 bits per heavy atom. The number of nitrogens with zero attached hydrogens (tertiary/aromatic N) is 3. The van der Waals surface area contributed by atoms with Crippen LogP contribution in [0.4, 0.5) is 5.82 Å². The van der Waals surface area contributed by atoms with Gasteiger partial charge in [0.15, 0.2) is 0 Å². The van der Waals surface area contributed by atoms with Crippen LogP contribution in [0.3, 0.4) is 0 Å². The van der Waals surface area contributed by atoms with Gasteiger partial charge in [-0.25, -0.2) is 0 Å². The van der Waals surface area contributed by atoms with Gasteiger partial charge >= 0.3 is 0 Å². The first-order valence-electron chi connectivity index (χ1n) is 6.96. The van der Waals surface area contributed by atoms with Crippen molar-refractivity contribution >= 4 is 23.0 Å². The number of aromatic nitrogens is 2. The molecule has 0 aliphatic carbocycles. The first-order valence-corrected chi connectivity index (χ1v) is 7.37. The summed E-state index contributed by atoms with van der Waals surface area (Å²) in [6, 6.07) is 0. The molecule has 0 unspecified atom stereocenters. The third-order valence-electron chi connectivity index (χ3n) is 4.56. The molecule has 1 saturated heterocycles. The minimum absolute atomic E-state index is 0.449. The Hall–Kier alpha value is -1.10. The summed E-state index contributed by atoms with van der Waals surface area (Å²) < 4.78 is 1.92. The van der Waals surface area contributed by atoms with Crippen LogP contribution in [0, 0.1) is 12.3 Å². The van der Waals surface area contributed by atoms with Gasteiger partial charge in [-0.2, -0.15) is 5.10 Å². The first-order chi connectivity index (χ1) is 8.88. The van der Waals surface area contributed by atoms with E-state index in [1.165, 1.54) is 19.3 Å². The molecule has 2 rings (SSSR count). The molecule has 0 spiro atoms. The number of thiocarbonyl (C=S) groups is 1. The molecule has 0 atom stereocenters. The van der Waals surface area contributed by atoms with Crippen molar-refractivity contribution in [2.24, 2.45) is 18.2 Å². The highest BCUT2D eigenvalue weighted by Crippen LogP contribution is 2.36. The zero-order chi connectivity index (χ0) is 14.2. The highest BCUT2D eigenvalue weighted by atomic mass is 32.1. The Morgan fingerprint density at radius 3 is 2.47 bits per heavy atom. The van der Waals surface area contributed by atoms with Crippen LogP contribution in [0.5, 0.6) is 0 Å². The van der Waals surface area contributed by atoms with Gasteiger partial charge in [0.25, 0.3) is 0 Å². The fourth-order valence-corrected chi connectivity index (χ4v) is 3.15. The smallest absolute Gasteiger partial charge is 0.137 e. The van der Waals surface area contributed by atoms with E-state index in [1.807, 2.05) is 18.7 Å². The molecule has 0 amide bonds. The van der Waals surface area contributed by atoms with Crippen molar-refractivity contribution in [3.8, 4) is 0 Å². The van der Waals surface area contributed by atoms with Crippen LogP contribution in [-0.2, 0) is 7.05 Å². The van der Waals surface area contributed by atoms with E-state index >= 15 is 0 Å². The van der Waals surface area contributed by atoms with Gasteiger partial charge in [-0.1, -0.05) is 32.5 Å². The zero-order valence-electron chi connectivity index (χ0n) is 12.4. The molecule has 2 heterocycles. The molecule has 0 bridgehead atoms. The van der Waals surface area contributed by atoms with Gasteiger partial charge in [0.2, 0.25) is 0 Å². The molecule has 0 saturated carbocycles. The predicted octanol–water partition coefficient (Wildman–Crippen LogP) is 2.38. The largest absolute Gasteiger partial charge is 0.389 e. The van der Waals surface area contributed by atoms with E-state index in [-0.39, 0.29) is 0 Å². The molecule has 0 aromatic carbocycles. The summed E-state index contributed by atoms with van der Waals surface area (Å²) >= 11 is 5.19. The zero-order valence-corrected chi connectivity index (χ0v) is 13.2.